The Labute approximate surface area is 157 Å². The topological polar surface area (TPSA) is 60.3 Å². The summed E-state index contributed by atoms with van der Waals surface area (Å²) in [5.74, 6) is 1.23. The second kappa shape index (κ2) is 8.22. The number of ether oxygens (including phenoxy) is 1. The predicted octanol–water partition coefficient (Wildman–Crippen LogP) is 2.77. The number of carbonyl (C=O) groups excluding carboxylic acids is 1. The lowest BCUT2D eigenvalue weighted by atomic mass is 9.99. The SMILES string of the molecule is O=C1CCCC[C@@H]1Sc1nnc(N2CCOCC2)n1Cc1ccccc1. The molecule has 2 aromatic rings. The molecule has 0 bridgehead atoms. The van der Waals surface area contributed by atoms with E-state index < -0.39 is 0 Å². The third-order valence-electron chi connectivity index (χ3n) is 4.92. The Morgan fingerprint density at radius 1 is 1.12 bits per heavy atom. The van der Waals surface area contributed by atoms with Gasteiger partial charge >= 0.3 is 0 Å². The predicted molar refractivity (Wildman–Crippen MR) is 102 cm³/mol. The summed E-state index contributed by atoms with van der Waals surface area (Å²) in [5, 5.41) is 9.79. The van der Waals surface area contributed by atoms with E-state index in [1.165, 1.54) is 5.56 Å². The van der Waals surface area contributed by atoms with Crippen LogP contribution < -0.4 is 4.90 Å². The quantitative estimate of drug-likeness (QED) is 0.804. The summed E-state index contributed by atoms with van der Waals surface area (Å²) in [6.07, 6.45) is 3.77. The van der Waals surface area contributed by atoms with Gasteiger partial charge in [0, 0.05) is 19.5 Å². The molecule has 7 heteroatoms. The fourth-order valence-electron chi connectivity index (χ4n) is 3.47. The highest BCUT2D eigenvalue weighted by Gasteiger charge is 2.27. The largest absolute Gasteiger partial charge is 0.378 e. The van der Waals surface area contributed by atoms with Crippen LogP contribution in [-0.4, -0.2) is 52.1 Å². The summed E-state index contributed by atoms with van der Waals surface area (Å²) in [6.45, 7) is 3.77. The van der Waals surface area contributed by atoms with Gasteiger partial charge in [-0.3, -0.25) is 9.36 Å². The van der Waals surface area contributed by atoms with Crippen LogP contribution in [0.1, 0.15) is 31.2 Å². The third-order valence-corrected chi connectivity index (χ3v) is 6.22. The Hall–Kier alpha value is -1.86. The van der Waals surface area contributed by atoms with Crippen LogP contribution in [0.5, 0.6) is 0 Å². The van der Waals surface area contributed by atoms with Crippen molar-refractivity contribution < 1.29 is 9.53 Å². The number of aromatic nitrogens is 3. The van der Waals surface area contributed by atoms with Crippen molar-refractivity contribution in [2.45, 2.75) is 42.6 Å². The van der Waals surface area contributed by atoms with Crippen LogP contribution in [0.4, 0.5) is 5.95 Å². The molecular weight excluding hydrogens is 348 g/mol. The second-order valence-electron chi connectivity index (χ2n) is 6.77. The van der Waals surface area contributed by atoms with E-state index in [9.17, 15) is 4.79 Å². The van der Waals surface area contributed by atoms with Crippen LogP contribution in [-0.2, 0) is 16.1 Å². The first-order valence-corrected chi connectivity index (χ1v) is 10.2. The lowest BCUT2D eigenvalue weighted by Gasteiger charge is -2.28. The van der Waals surface area contributed by atoms with E-state index in [-0.39, 0.29) is 5.25 Å². The van der Waals surface area contributed by atoms with E-state index in [4.69, 9.17) is 4.74 Å². The number of ketones is 1. The Bertz CT molecular complexity index is 743. The van der Waals surface area contributed by atoms with Gasteiger partial charge in [0.15, 0.2) is 5.16 Å². The molecule has 1 atom stereocenters. The van der Waals surface area contributed by atoms with E-state index in [1.54, 1.807) is 11.8 Å². The molecule has 2 aliphatic rings. The maximum atomic E-state index is 12.3. The van der Waals surface area contributed by atoms with Crippen molar-refractivity contribution in [3.8, 4) is 0 Å². The minimum absolute atomic E-state index is 0.0139. The number of anilines is 1. The van der Waals surface area contributed by atoms with Crippen molar-refractivity contribution in [2.24, 2.45) is 0 Å². The van der Waals surface area contributed by atoms with Crippen molar-refractivity contribution in [3.63, 3.8) is 0 Å². The molecule has 0 N–H and O–H groups in total. The third kappa shape index (κ3) is 3.94. The molecule has 0 radical (unpaired) electrons. The first kappa shape index (κ1) is 17.5. The molecule has 26 heavy (non-hydrogen) atoms. The van der Waals surface area contributed by atoms with E-state index in [0.717, 1.165) is 43.5 Å². The maximum Gasteiger partial charge on any atom is 0.228 e. The van der Waals surface area contributed by atoms with Gasteiger partial charge in [0.2, 0.25) is 5.95 Å². The van der Waals surface area contributed by atoms with E-state index in [1.807, 2.05) is 18.2 Å². The highest BCUT2D eigenvalue weighted by molar-refractivity contribution is 8.00. The van der Waals surface area contributed by atoms with Gasteiger partial charge in [-0.15, -0.1) is 10.2 Å². The fraction of sp³-hybridized carbons (Fsp3) is 0.526. The van der Waals surface area contributed by atoms with Crippen molar-refractivity contribution in [3.05, 3.63) is 35.9 Å². The highest BCUT2D eigenvalue weighted by Crippen LogP contribution is 2.33. The molecule has 138 valence electrons. The monoisotopic (exact) mass is 372 g/mol. The second-order valence-corrected chi connectivity index (χ2v) is 7.94. The molecule has 0 amide bonds. The average molecular weight is 372 g/mol. The minimum Gasteiger partial charge on any atom is -0.378 e. The van der Waals surface area contributed by atoms with E-state index >= 15 is 0 Å². The number of morpholine rings is 1. The Morgan fingerprint density at radius 2 is 1.92 bits per heavy atom. The van der Waals surface area contributed by atoms with Crippen LogP contribution in [0.3, 0.4) is 0 Å². The highest BCUT2D eigenvalue weighted by atomic mass is 32.2. The molecule has 1 aromatic carbocycles. The first-order chi connectivity index (χ1) is 12.8. The van der Waals surface area contributed by atoms with Gasteiger partial charge in [0.25, 0.3) is 0 Å². The van der Waals surface area contributed by atoms with Crippen molar-refractivity contribution in [2.75, 3.05) is 31.2 Å². The summed E-state index contributed by atoms with van der Waals surface area (Å²) < 4.78 is 7.63. The zero-order valence-electron chi connectivity index (χ0n) is 14.8. The van der Waals surface area contributed by atoms with Gasteiger partial charge < -0.3 is 9.64 Å². The lowest BCUT2D eigenvalue weighted by molar-refractivity contribution is -0.119. The van der Waals surface area contributed by atoms with Crippen molar-refractivity contribution in [1.82, 2.24) is 14.8 Å². The summed E-state index contributed by atoms with van der Waals surface area (Å²) >= 11 is 1.59. The van der Waals surface area contributed by atoms with Crippen LogP contribution in [0.15, 0.2) is 35.5 Å². The van der Waals surface area contributed by atoms with Gasteiger partial charge in [-0.05, 0) is 18.4 Å². The molecule has 0 spiro atoms. The van der Waals surface area contributed by atoms with Gasteiger partial charge in [-0.1, -0.05) is 48.5 Å². The van der Waals surface area contributed by atoms with Crippen LogP contribution in [0, 0.1) is 0 Å². The number of hydrogen-bond donors (Lipinski definition) is 0. The standard InChI is InChI=1S/C19H24N4O2S/c24-16-8-4-5-9-17(16)26-19-21-20-18(22-10-12-25-13-11-22)23(19)14-15-6-2-1-3-7-15/h1-3,6-7,17H,4-5,8-14H2/t17-/m0/s1. The van der Waals surface area contributed by atoms with Crippen LogP contribution in [0.2, 0.25) is 0 Å². The minimum atomic E-state index is 0.0139. The molecule has 1 aliphatic heterocycles. The molecule has 1 aliphatic carbocycles. The molecule has 2 fully saturated rings. The zero-order valence-corrected chi connectivity index (χ0v) is 15.7. The first-order valence-electron chi connectivity index (χ1n) is 9.30. The van der Waals surface area contributed by atoms with Crippen molar-refractivity contribution in [1.29, 1.82) is 0 Å². The lowest BCUT2D eigenvalue weighted by Crippen LogP contribution is -2.38. The smallest absolute Gasteiger partial charge is 0.228 e. The van der Waals surface area contributed by atoms with E-state index in [0.29, 0.717) is 32.0 Å². The number of carbonyl (C=O) groups is 1. The van der Waals surface area contributed by atoms with Gasteiger partial charge in [0.1, 0.15) is 5.78 Å². The molecule has 1 saturated carbocycles. The molecule has 1 saturated heterocycles. The summed E-state index contributed by atoms with van der Waals surface area (Å²) in [7, 11) is 0. The molecule has 6 nitrogen and oxygen atoms in total. The summed E-state index contributed by atoms with van der Waals surface area (Å²) in [5.41, 5.74) is 1.21. The van der Waals surface area contributed by atoms with Gasteiger partial charge in [0.05, 0.1) is 25.0 Å². The normalized spacial score (nSPS) is 21.2. The van der Waals surface area contributed by atoms with Crippen LogP contribution in [0.25, 0.3) is 0 Å². The fourth-order valence-corrected chi connectivity index (χ4v) is 4.62. The Balaban J connectivity index is 1.61. The average Bonchev–Trinajstić information content (AvgIpc) is 3.07. The van der Waals surface area contributed by atoms with Crippen LogP contribution >= 0.6 is 11.8 Å². The molecule has 0 unspecified atom stereocenters. The number of hydrogen-bond acceptors (Lipinski definition) is 6. The summed E-state index contributed by atoms with van der Waals surface area (Å²) in [4.78, 5) is 14.5. The van der Waals surface area contributed by atoms with Crippen molar-refractivity contribution >= 4 is 23.5 Å². The van der Waals surface area contributed by atoms with Gasteiger partial charge in [-0.25, -0.2) is 0 Å². The number of rotatable bonds is 5. The number of benzene rings is 1. The molecule has 1 aromatic heterocycles. The Kier molecular flexibility index (Phi) is 5.55. The zero-order chi connectivity index (χ0) is 17.8. The number of Topliss-reactive ketones (excluding diaryl/α,β-unsaturated/α-hetero) is 1. The van der Waals surface area contributed by atoms with Gasteiger partial charge in [-0.2, -0.15) is 0 Å². The van der Waals surface area contributed by atoms with E-state index in [2.05, 4.69) is 31.8 Å². The number of nitrogens with zero attached hydrogens (tertiary/aromatic N) is 4. The number of thioether (sulfide) groups is 1. The maximum absolute atomic E-state index is 12.3. The molecule has 4 rings (SSSR count). The molecular formula is C19H24N4O2S. The Morgan fingerprint density at radius 3 is 2.69 bits per heavy atom. The molecule has 2 heterocycles. The summed E-state index contributed by atoms with van der Waals surface area (Å²) in [6, 6.07) is 10.3.